The lowest BCUT2D eigenvalue weighted by Crippen LogP contribution is -2.46. The normalized spacial score (nSPS) is 16.7. The first-order valence-electron chi connectivity index (χ1n) is 8.86. The summed E-state index contributed by atoms with van der Waals surface area (Å²) in [6, 6.07) is 10.2. The second-order valence-electron chi connectivity index (χ2n) is 6.36. The smallest absolute Gasteiger partial charge is 0.315 e. The fraction of sp³-hybridized carbons (Fsp3) is 0.611. The lowest BCUT2D eigenvalue weighted by molar-refractivity contribution is 0.219. The lowest BCUT2D eigenvalue weighted by atomic mass is 10.2. The second kappa shape index (κ2) is 10.2. The van der Waals surface area contributed by atoms with E-state index in [1.165, 1.54) is 5.69 Å². The van der Waals surface area contributed by atoms with Crippen LogP contribution in [0.4, 0.5) is 10.5 Å². The highest BCUT2D eigenvalue weighted by atomic mass is 16.3. The minimum absolute atomic E-state index is 0.0393. The van der Waals surface area contributed by atoms with Crippen molar-refractivity contribution >= 4 is 11.7 Å². The number of nitrogens with zero attached hydrogens (tertiary/aromatic N) is 2. The van der Waals surface area contributed by atoms with Crippen LogP contribution in [0.5, 0.6) is 0 Å². The van der Waals surface area contributed by atoms with Crippen molar-refractivity contribution in [2.45, 2.75) is 25.8 Å². The van der Waals surface area contributed by atoms with Crippen LogP contribution in [0.1, 0.15) is 19.8 Å². The van der Waals surface area contributed by atoms with Gasteiger partial charge in [0.1, 0.15) is 0 Å². The third-order valence-electron chi connectivity index (χ3n) is 4.33. The Morgan fingerprint density at radius 1 is 1.17 bits per heavy atom. The molecule has 1 heterocycles. The Bertz CT molecular complexity index is 475. The minimum atomic E-state index is -0.203. The Balaban J connectivity index is 1.53. The fourth-order valence-corrected chi connectivity index (χ4v) is 2.85. The van der Waals surface area contributed by atoms with Crippen molar-refractivity contribution in [2.24, 2.45) is 0 Å². The number of hydrogen-bond donors (Lipinski definition) is 3. The van der Waals surface area contributed by atoms with Crippen molar-refractivity contribution in [3.63, 3.8) is 0 Å². The molecule has 1 atom stereocenters. The Morgan fingerprint density at radius 3 is 2.54 bits per heavy atom. The highest BCUT2D eigenvalue weighted by molar-refractivity contribution is 5.74. The Labute approximate surface area is 144 Å². The molecule has 2 amide bonds. The molecular weight excluding hydrogens is 304 g/mol. The molecule has 6 heteroatoms. The summed E-state index contributed by atoms with van der Waals surface area (Å²) in [5.74, 6) is 0. The quantitative estimate of drug-likeness (QED) is 0.626. The molecule has 24 heavy (non-hydrogen) atoms. The van der Waals surface area contributed by atoms with Crippen LogP contribution in [0.15, 0.2) is 30.3 Å². The van der Waals surface area contributed by atoms with E-state index >= 15 is 0 Å². The summed E-state index contributed by atoms with van der Waals surface area (Å²) in [5, 5.41) is 14.4. The van der Waals surface area contributed by atoms with Gasteiger partial charge in [-0.15, -0.1) is 0 Å². The Kier molecular flexibility index (Phi) is 7.85. The topological polar surface area (TPSA) is 67.8 Å². The fourth-order valence-electron chi connectivity index (χ4n) is 2.85. The van der Waals surface area contributed by atoms with E-state index in [0.717, 1.165) is 45.6 Å². The number of nitrogens with one attached hydrogen (secondary N) is 2. The summed E-state index contributed by atoms with van der Waals surface area (Å²) in [7, 11) is 0. The average Bonchev–Trinajstić information content (AvgIpc) is 2.62. The first-order valence-corrected chi connectivity index (χ1v) is 8.86. The van der Waals surface area contributed by atoms with E-state index in [9.17, 15) is 4.79 Å². The number of urea groups is 1. The third kappa shape index (κ3) is 6.37. The van der Waals surface area contributed by atoms with Gasteiger partial charge in [0.05, 0.1) is 12.6 Å². The molecule has 6 nitrogen and oxygen atoms in total. The number of para-hydroxylation sites is 1. The number of hydrogen-bond acceptors (Lipinski definition) is 4. The maximum atomic E-state index is 11.5. The number of carbonyl (C=O) groups is 1. The van der Waals surface area contributed by atoms with Crippen LogP contribution in [0, 0.1) is 0 Å². The van der Waals surface area contributed by atoms with E-state index in [2.05, 4.69) is 50.8 Å². The first-order chi connectivity index (χ1) is 11.7. The van der Waals surface area contributed by atoms with Crippen LogP contribution < -0.4 is 15.5 Å². The van der Waals surface area contributed by atoms with E-state index in [1.807, 2.05) is 0 Å². The van der Waals surface area contributed by atoms with Crippen LogP contribution in [0.2, 0.25) is 0 Å². The number of amides is 2. The number of anilines is 1. The summed E-state index contributed by atoms with van der Waals surface area (Å²) in [4.78, 5) is 16.4. The molecule has 0 aromatic heterocycles. The summed E-state index contributed by atoms with van der Waals surface area (Å²) < 4.78 is 0. The van der Waals surface area contributed by atoms with Crippen LogP contribution in [-0.2, 0) is 0 Å². The molecule has 1 saturated heterocycles. The van der Waals surface area contributed by atoms with Crippen molar-refractivity contribution in [1.82, 2.24) is 15.5 Å². The first kappa shape index (κ1) is 18.5. The summed E-state index contributed by atoms with van der Waals surface area (Å²) in [6.07, 6.45) is 2.06. The summed E-state index contributed by atoms with van der Waals surface area (Å²) in [6.45, 7) is 7.82. The maximum Gasteiger partial charge on any atom is 0.315 e. The van der Waals surface area contributed by atoms with E-state index in [0.29, 0.717) is 6.54 Å². The van der Waals surface area contributed by atoms with E-state index < -0.39 is 0 Å². The van der Waals surface area contributed by atoms with Gasteiger partial charge in [-0.25, -0.2) is 4.79 Å². The zero-order valence-corrected chi connectivity index (χ0v) is 14.6. The van der Waals surface area contributed by atoms with E-state index in [4.69, 9.17) is 5.11 Å². The molecule has 3 N–H and O–H groups in total. The van der Waals surface area contributed by atoms with Gasteiger partial charge in [0.2, 0.25) is 0 Å². The molecule has 134 valence electrons. The highest BCUT2D eigenvalue weighted by Gasteiger charge is 2.16. The van der Waals surface area contributed by atoms with Gasteiger partial charge in [0, 0.05) is 38.4 Å². The van der Waals surface area contributed by atoms with E-state index in [1.54, 1.807) is 6.92 Å². The SMILES string of the molecule is CC(CO)NC(=O)NCCCCN1CCN(c2ccccc2)CC1. The molecule has 1 fully saturated rings. The number of unbranched alkanes of at least 4 members (excludes halogenated alkanes) is 1. The monoisotopic (exact) mass is 334 g/mol. The zero-order valence-electron chi connectivity index (χ0n) is 14.6. The molecule has 0 saturated carbocycles. The van der Waals surface area contributed by atoms with Gasteiger partial charge in [0.25, 0.3) is 0 Å². The largest absolute Gasteiger partial charge is 0.394 e. The highest BCUT2D eigenvalue weighted by Crippen LogP contribution is 2.15. The van der Waals surface area contributed by atoms with Crippen LogP contribution in [0.3, 0.4) is 0 Å². The van der Waals surface area contributed by atoms with Crippen molar-refractivity contribution in [3.8, 4) is 0 Å². The number of piperazine rings is 1. The van der Waals surface area contributed by atoms with Crippen molar-refractivity contribution in [2.75, 3.05) is 50.8 Å². The van der Waals surface area contributed by atoms with Gasteiger partial charge in [-0.2, -0.15) is 0 Å². The predicted octanol–water partition coefficient (Wildman–Crippen LogP) is 1.27. The molecule has 1 aromatic rings. The molecule has 1 aliphatic heterocycles. The Morgan fingerprint density at radius 2 is 1.88 bits per heavy atom. The van der Waals surface area contributed by atoms with Gasteiger partial charge >= 0.3 is 6.03 Å². The van der Waals surface area contributed by atoms with Gasteiger partial charge < -0.3 is 20.6 Å². The van der Waals surface area contributed by atoms with Gasteiger partial charge in [-0.3, -0.25) is 4.90 Å². The number of carbonyl (C=O) groups excluding carboxylic acids is 1. The molecule has 0 radical (unpaired) electrons. The summed E-state index contributed by atoms with van der Waals surface area (Å²) in [5.41, 5.74) is 1.31. The molecule has 1 aliphatic rings. The van der Waals surface area contributed by atoms with Crippen molar-refractivity contribution in [1.29, 1.82) is 0 Å². The minimum Gasteiger partial charge on any atom is -0.394 e. The molecular formula is C18H30N4O2. The zero-order chi connectivity index (χ0) is 17.2. The standard InChI is InChI=1S/C18H30N4O2/c1-16(15-23)20-18(24)19-9-5-6-10-21-11-13-22(14-12-21)17-7-3-2-4-8-17/h2-4,7-8,16,23H,5-6,9-15H2,1H3,(H2,19,20,24). The van der Waals surface area contributed by atoms with Crippen LogP contribution in [-0.4, -0.2) is 68.0 Å². The maximum absolute atomic E-state index is 11.5. The molecule has 1 unspecified atom stereocenters. The summed E-state index contributed by atoms with van der Waals surface area (Å²) >= 11 is 0. The van der Waals surface area contributed by atoms with Crippen LogP contribution >= 0.6 is 0 Å². The molecule has 1 aromatic carbocycles. The number of rotatable bonds is 8. The van der Waals surface area contributed by atoms with E-state index in [-0.39, 0.29) is 18.7 Å². The third-order valence-corrected chi connectivity index (χ3v) is 4.33. The average molecular weight is 334 g/mol. The van der Waals surface area contributed by atoms with Gasteiger partial charge in [-0.05, 0) is 38.4 Å². The second-order valence-corrected chi connectivity index (χ2v) is 6.36. The molecule has 0 bridgehead atoms. The molecule has 2 rings (SSSR count). The van der Waals surface area contributed by atoms with Crippen molar-refractivity contribution < 1.29 is 9.90 Å². The lowest BCUT2D eigenvalue weighted by Gasteiger charge is -2.36. The number of aliphatic hydroxyl groups is 1. The molecule has 0 spiro atoms. The number of benzene rings is 1. The Hall–Kier alpha value is -1.79. The number of aliphatic hydroxyl groups excluding tert-OH is 1. The van der Waals surface area contributed by atoms with Gasteiger partial charge in [-0.1, -0.05) is 18.2 Å². The predicted molar refractivity (Wildman–Crippen MR) is 97.4 cm³/mol. The van der Waals surface area contributed by atoms with Crippen LogP contribution in [0.25, 0.3) is 0 Å². The molecule has 0 aliphatic carbocycles. The van der Waals surface area contributed by atoms with Crippen molar-refractivity contribution in [3.05, 3.63) is 30.3 Å². The van der Waals surface area contributed by atoms with Gasteiger partial charge in [0.15, 0.2) is 0 Å².